The van der Waals surface area contributed by atoms with Gasteiger partial charge in [0.2, 0.25) is 0 Å². The van der Waals surface area contributed by atoms with Crippen molar-refractivity contribution in [2.45, 2.75) is 39.3 Å². The lowest BCUT2D eigenvalue weighted by atomic mass is 10.1. The van der Waals surface area contributed by atoms with Crippen LogP contribution in [0, 0.1) is 0 Å². The van der Waals surface area contributed by atoms with Gasteiger partial charge in [-0.1, -0.05) is 38.1 Å². The van der Waals surface area contributed by atoms with Gasteiger partial charge in [0.25, 0.3) is 0 Å². The SMILES string of the molecule is CCNCCc1ccc(CN2CCOCC2CC)cc1. The molecule has 1 saturated heterocycles. The fraction of sp³-hybridized carbons (Fsp3) is 0.647. The highest BCUT2D eigenvalue weighted by Gasteiger charge is 2.21. The Labute approximate surface area is 123 Å². The molecule has 0 amide bonds. The molecule has 0 saturated carbocycles. The Bertz CT molecular complexity index is 377. The van der Waals surface area contributed by atoms with Gasteiger partial charge in [-0.05, 0) is 37.1 Å². The van der Waals surface area contributed by atoms with Crippen LogP contribution in [0.15, 0.2) is 24.3 Å². The van der Waals surface area contributed by atoms with Gasteiger partial charge in [-0.15, -0.1) is 0 Å². The molecule has 112 valence electrons. The summed E-state index contributed by atoms with van der Waals surface area (Å²) in [4.78, 5) is 2.55. The van der Waals surface area contributed by atoms with E-state index in [1.807, 2.05) is 0 Å². The fourth-order valence-corrected chi connectivity index (χ4v) is 2.73. The van der Waals surface area contributed by atoms with Gasteiger partial charge >= 0.3 is 0 Å². The Morgan fingerprint density at radius 1 is 1.20 bits per heavy atom. The molecule has 0 spiro atoms. The summed E-state index contributed by atoms with van der Waals surface area (Å²) >= 11 is 0. The van der Waals surface area contributed by atoms with Gasteiger partial charge < -0.3 is 10.1 Å². The third-order valence-corrected chi connectivity index (χ3v) is 4.07. The normalized spacial score (nSPS) is 20.2. The van der Waals surface area contributed by atoms with Crippen molar-refractivity contribution < 1.29 is 4.74 Å². The Morgan fingerprint density at radius 2 is 1.95 bits per heavy atom. The number of hydrogen-bond donors (Lipinski definition) is 1. The first-order chi connectivity index (χ1) is 9.83. The van der Waals surface area contributed by atoms with Crippen LogP contribution >= 0.6 is 0 Å². The molecule has 0 radical (unpaired) electrons. The predicted molar refractivity (Wildman–Crippen MR) is 84.0 cm³/mol. The van der Waals surface area contributed by atoms with Gasteiger partial charge in [-0.2, -0.15) is 0 Å². The van der Waals surface area contributed by atoms with Crippen LogP contribution in [-0.2, 0) is 17.7 Å². The first-order valence-corrected chi connectivity index (χ1v) is 7.93. The summed E-state index contributed by atoms with van der Waals surface area (Å²) in [6.07, 6.45) is 2.28. The van der Waals surface area contributed by atoms with Crippen molar-refractivity contribution in [3.63, 3.8) is 0 Å². The number of benzene rings is 1. The number of likely N-dealkylation sites (N-methyl/N-ethyl adjacent to an activating group) is 1. The molecule has 3 heteroatoms. The zero-order chi connectivity index (χ0) is 14.2. The molecule has 1 aromatic carbocycles. The Balaban J connectivity index is 1.86. The van der Waals surface area contributed by atoms with Crippen LogP contribution in [0.1, 0.15) is 31.4 Å². The lowest BCUT2D eigenvalue weighted by Gasteiger charge is -2.35. The van der Waals surface area contributed by atoms with Gasteiger partial charge in [0.15, 0.2) is 0 Å². The summed E-state index contributed by atoms with van der Waals surface area (Å²) in [6.45, 7) is 10.4. The van der Waals surface area contributed by atoms with E-state index >= 15 is 0 Å². The van der Waals surface area contributed by atoms with E-state index in [1.54, 1.807) is 0 Å². The van der Waals surface area contributed by atoms with Crippen molar-refractivity contribution >= 4 is 0 Å². The van der Waals surface area contributed by atoms with Crippen LogP contribution in [0.4, 0.5) is 0 Å². The first kappa shape index (κ1) is 15.5. The molecule has 3 nitrogen and oxygen atoms in total. The number of nitrogens with one attached hydrogen (secondary N) is 1. The van der Waals surface area contributed by atoms with Gasteiger partial charge in [-0.3, -0.25) is 4.90 Å². The molecule has 0 bridgehead atoms. The first-order valence-electron chi connectivity index (χ1n) is 7.93. The summed E-state index contributed by atoms with van der Waals surface area (Å²) in [5.74, 6) is 0. The minimum atomic E-state index is 0.581. The lowest BCUT2D eigenvalue weighted by Crippen LogP contribution is -2.44. The molecule has 20 heavy (non-hydrogen) atoms. The summed E-state index contributed by atoms with van der Waals surface area (Å²) in [5.41, 5.74) is 2.83. The predicted octanol–water partition coefficient (Wildman–Crippen LogP) is 2.45. The van der Waals surface area contributed by atoms with Crippen molar-refractivity contribution in [1.82, 2.24) is 10.2 Å². The minimum Gasteiger partial charge on any atom is -0.378 e. The highest BCUT2D eigenvalue weighted by atomic mass is 16.5. The van der Waals surface area contributed by atoms with E-state index in [9.17, 15) is 0 Å². The van der Waals surface area contributed by atoms with E-state index in [2.05, 4.69) is 48.3 Å². The Kier molecular flexibility index (Phi) is 6.51. The van der Waals surface area contributed by atoms with Crippen molar-refractivity contribution in [1.29, 1.82) is 0 Å². The second kappa shape index (κ2) is 8.40. The Morgan fingerprint density at radius 3 is 2.65 bits per heavy atom. The number of hydrogen-bond acceptors (Lipinski definition) is 3. The highest BCUT2D eigenvalue weighted by molar-refractivity contribution is 5.23. The topological polar surface area (TPSA) is 24.5 Å². The van der Waals surface area contributed by atoms with Crippen LogP contribution in [0.5, 0.6) is 0 Å². The van der Waals surface area contributed by atoms with Crippen LogP contribution in [0.2, 0.25) is 0 Å². The minimum absolute atomic E-state index is 0.581. The van der Waals surface area contributed by atoms with Crippen molar-refractivity contribution in [3.05, 3.63) is 35.4 Å². The molecular formula is C17H28N2O. The van der Waals surface area contributed by atoms with Crippen molar-refractivity contribution in [2.75, 3.05) is 32.8 Å². The zero-order valence-corrected chi connectivity index (χ0v) is 12.9. The summed E-state index contributed by atoms with van der Waals surface area (Å²) in [6, 6.07) is 9.69. The molecule has 1 fully saturated rings. The van der Waals surface area contributed by atoms with Gasteiger partial charge in [0.1, 0.15) is 0 Å². The van der Waals surface area contributed by atoms with Crippen molar-refractivity contribution in [2.24, 2.45) is 0 Å². The summed E-state index contributed by atoms with van der Waals surface area (Å²) < 4.78 is 5.57. The number of ether oxygens (including phenoxy) is 1. The molecule has 1 aliphatic heterocycles. The standard InChI is InChI=1S/C17H28N2O/c1-3-17-14-20-12-11-19(17)13-16-7-5-15(6-8-16)9-10-18-4-2/h5-8,17-18H,3-4,9-14H2,1-2H3. The van der Waals surface area contributed by atoms with Gasteiger partial charge in [0, 0.05) is 19.1 Å². The molecule has 2 rings (SSSR count). The fourth-order valence-electron chi connectivity index (χ4n) is 2.73. The van der Waals surface area contributed by atoms with Gasteiger partial charge in [-0.25, -0.2) is 0 Å². The van der Waals surface area contributed by atoms with E-state index < -0.39 is 0 Å². The third kappa shape index (κ3) is 4.58. The molecule has 1 unspecified atom stereocenters. The van der Waals surface area contributed by atoms with E-state index in [1.165, 1.54) is 17.5 Å². The second-order valence-electron chi connectivity index (χ2n) is 5.53. The Hall–Kier alpha value is -0.900. The highest BCUT2D eigenvalue weighted by Crippen LogP contribution is 2.15. The lowest BCUT2D eigenvalue weighted by molar-refractivity contribution is -0.0127. The van der Waals surface area contributed by atoms with Crippen LogP contribution < -0.4 is 5.32 Å². The van der Waals surface area contributed by atoms with Crippen LogP contribution in [0.3, 0.4) is 0 Å². The molecule has 1 atom stereocenters. The molecular weight excluding hydrogens is 248 g/mol. The molecule has 1 heterocycles. The molecule has 1 aliphatic rings. The maximum Gasteiger partial charge on any atom is 0.0622 e. The number of nitrogens with zero attached hydrogens (tertiary/aromatic N) is 1. The number of rotatable bonds is 7. The monoisotopic (exact) mass is 276 g/mol. The largest absolute Gasteiger partial charge is 0.378 e. The van der Waals surface area contributed by atoms with Crippen molar-refractivity contribution in [3.8, 4) is 0 Å². The van der Waals surface area contributed by atoms with Crippen LogP contribution in [-0.4, -0.2) is 43.8 Å². The van der Waals surface area contributed by atoms with Gasteiger partial charge in [0.05, 0.1) is 13.2 Å². The van der Waals surface area contributed by atoms with E-state index in [4.69, 9.17) is 4.74 Å². The zero-order valence-electron chi connectivity index (χ0n) is 12.9. The smallest absolute Gasteiger partial charge is 0.0622 e. The molecule has 1 N–H and O–H groups in total. The summed E-state index contributed by atoms with van der Waals surface area (Å²) in [7, 11) is 0. The second-order valence-corrected chi connectivity index (χ2v) is 5.53. The maximum absolute atomic E-state index is 5.57. The quantitative estimate of drug-likeness (QED) is 0.774. The number of morpholine rings is 1. The average molecular weight is 276 g/mol. The average Bonchev–Trinajstić information content (AvgIpc) is 2.50. The molecule has 0 aliphatic carbocycles. The van der Waals surface area contributed by atoms with Crippen LogP contribution in [0.25, 0.3) is 0 Å². The van der Waals surface area contributed by atoms with E-state index in [0.29, 0.717) is 6.04 Å². The summed E-state index contributed by atoms with van der Waals surface area (Å²) in [5, 5.41) is 3.37. The van der Waals surface area contributed by atoms with E-state index in [0.717, 1.165) is 45.8 Å². The maximum atomic E-state index is 5.57. The third-order valence-electron chi connectivity index (χ3n) is 4.07. The molecule has 1 aromatic rings. The molecule has 0 aromatic heterocycles. The van der Waals surface area contributed by atoms with E-state index in [-0.39, 0.29) is 0 Å².